The number of nitrogen functional groups attached to an aromatic ring is 1. The summed E-state index contributed by atoms with van der Waals surface area (Å²) in [4.78, 5) is 22.8. The molecule has 0 bridgehead atoms. The molecule has 0 saturated heterocycles. The summed E-state index contributed by atoms with van der Waals surface area (Å²) in [6, 6.07) is -0.671. The van der Waals surface area contributed by atoms with Crippen LogP contribution >= 0.6 is 0 Å². The molecular weight excluding hydrogens is 224 g/mol. The van der Waals surface area contributed by atoms with E-state index in [0.717, 1.165) is 0 Å². The number of nitrogens with one attached hydrogen (secondary N) is 1. The summed E-state index contributed by atoms with van der Waals surface area (Å²) in [6.07, 6.45) is 2.98. The highest BCUT2D eigenvalue weighted by molar-refractivity contribution is 5.83. The lowest BCUT2D eigenvalue weighted by atomic mass is 10.3. The van der Waals surface area contributed by atoms with Gasteiger partial charge in [-0.05, 0) is 13.8 Å². The van der Waals surface area contributed by atoms with Gasteiger partial charge in [0.05, 0.1) is 18.5 Å². The van der Waals surface area contributed by atoms with Crippen LogP contribution in [0.5, 0.6) is 0 Å². The van der Waals surface area contributed by atoms with Crippen molar-refractivity contribution in [1.29, 1.82) is 0 Å². The number of amides is 1. The molecule has 1 aromatic heterocycles. The summed E-state index contributed by atoms with van der Waals surface area (Å²) in [7, 11) is 0. The van der Waals surface area contributed by atoms with E-state index in [4.69, 9.17) is 10.5 Å². The molecular formula is C10H16N4O3. The Kier molecular flexibility index (Phi) is 4.50. The third-order valence-electron chi connectivity index (χ3n) is 1.98. The van der Waals surface area contributed by atoms with Crippen molar-refractivity contribution in [2.75, 3.05) is 12.3 Å². The number of rotatable bonds is 5. The van der Waals surface area contributed by atoms with Gasteiger partial charge in [0.15, 0.2) is 0 Å². The van der Waals surface area contributed by atoms with E-state index in [2.05, 4.69) is 10.4 Å². The minimum Gasteiger partial charge on any atom is -0.464 e. The van der Waals surface area contributed by atoms with Crippen LogP contribution in [0.1, 0.15) is 13.8 Å². The number of nitrogens with two attached hydrogens (primary N) is 1. The van der Waals surface area contributed by atoms with E-state index >= 15 is 0 Å². The predicted octanol–water partition coefficient (Wildman–Crippen LogP) is -0.467. The molecule has 0 aliphatic heterocycles. The number of ether oxygens (including phenoxy) is 1. The maximum absolute atomic E-state index is 11.5. The van der Waals surface area contributed by atoms with Crippen LogP contribution in [0.25, 0.3) is 0 Å². The third-order valence-corrected chi connectivity index (χ3v) is 1.98. The molecule has 17 heavy (non-hydrogen) atoms. The molecule has 0 aliphatic rings. The van der Waals surface area contributed by atoms with Crippen molar-refractivity contribution < 1.29 is 14.3 Å². The number of carbonyl (C=O) groups is 2. The minimum atomic E-state index is -0.671. The van der Waals surface area contributed by atoms with Crippen molar-refractivity contribution in [2.45, 2.75) is 26.4 Å². The van der Waals surface area contributed by atoms with Gasteiger partial charge in [-0.1, -0.05) is 0 Å². The molecule has 7 heteroatoms. The maximum atomic E-state index is 11.5. The monoisotopic (exact) mass is 240 g/mol. The summed E-state index contributed by atoms with van der Waals surface area (Å²) in [6.45, 7) is 3.57. The van der Waals surface area contributed by atoms with Crippen LogP contribution in [0.2, 0.25) is 0 Å². The number of hydrogen-bond donors (Lipinski definition) is 2. The standard InChI is InChI=1S/C10H16N4O3/c1-3-17-10(16)7(2)13-9(15)6-14-5-8(11)4-12-14/h4-5,7H,3,6,11H2,1-2H3,(H,13,15). The van der Waals surface area contributed by atoms with Crippen molar-refractivity contribution >= 4 is 17.6 Å². The summed E-state index contributed by atoms with van der Waals surface area (Å²) >= 11 is 0. The molecule has 0 saturated carbocycles. The molecule has 0 radical (unpaired) electrons. The molecule has 1 atom stereocenters. The first-order valence-corrected chi connectivity index (χ1v) is 5.27. The van der Waals surface area contributed by atoms with E-state index in [0.29, 0.717) is 5.69 Å². The van der Waals surface area contributed by atoms with Crippen molar-refractivity contribution in [3.63, 3.8) is 0 Å². The predicted molar refractivity (Wildman–Crippen MR) is 60.9 cm³/mol. The van der Waals surface area contributed by atoms with E-state index < -0.39 is 12.0 Å². The van der Waals surface area contributed by atoms with E-state index in [-0.39, 0.29) is 19.1 Å². The van der Waals surface area contributed by atoms with Gasteiger partial charge in [0, 0.05) is 6.20 Å². The van der Waals surface area contributed by atoms with Gasteiger partial charge in [-0.2, -0.15) is 5.10 Å². The zero-order valence-corrected chi connectivity index (χ0v) is 9.84. The van der Waals surface area contributed by atoms with Gasteiger partial charge >= 0.3 is 5.97 Å². The van der Waals surface area contributed by atoms with Crippen LogP contribution < -0.4 is 11.1 Å². The number of nitrogens with zero attached hydrogens (tertiary/aromatic N) is 2. The van der Waals surface area contributed by atoms with Crippen LogP contribution in [-0.2, 0) is 20.9 Å². The van der Waals surface area contributed by atoms with Crippen molar-refractivity contribution in [2.24, 2.45) is 0 Å². The molecule has 0 fully saturated rings. The fourth-order valence-corrected chi connectivity index (χ4v) is 1.23. The maximum Gasteiger partial charge on any atom is 0.328 e. The quantitative estimate of drug-likeness (QED) is 0.678. The SMILES string of the molecule is CCOC(=O)C(C)NC(=O)Cn1cc(N)cn1. The highest BCUT2D eigenvalue weighted by atomic mass is 16.5. The number of carbonyl (C=O) groups excluding carboxylic acids is 2. The van der Waals surface area contributed by atoms with Crippen LogP contribution in [-0.4, -0.2) is 34.3 Å². The molecule has 1 unspecified atom stereocenters. The lowest BCUT2D eigenvalue weighted by Crippen LogP contribution is -2.41. The van der Waals surface area contributed by atoms with Gasteiger partial charge in [0.1, 0.15) is 12.6 Å². The highest BCUT2D eigenvalue weighted by Crippen LogP contribution is 1.97. The molecule has 3 N–H and O–H groups in total. The lowest BCUT2D eigenvalue weighted by Gasteiger charge is -2.12. The molecule has 0 aromatic carbocycles. The average molecular weight is 240 g/mol. The Balaban J connectivity index is 2.41. The van der Waals surface area contributed by atoms with E-state index in [1.54, 1.807) is 13.8 Å². The van der Waals surface area contributed by atoms with Gasteiger partial charge in [-0.25, -0.2) is 4.79 Å². The van der Waals surface area contributed by atoms with E-state index in [1.165, 1.54) is 17.1 Å². The fourth-order valence-electron chi connectivity index (χ4n) is 1.23. The Morgan fingerprint density at radius 1 is 1.65 bits per heavy atom. The summed E-state index contributed by atoms with van der Waals surface area (Å²) in [5.41, 5.74) is 5.94. The summed E-state index contributed by atoms with van der Waals surface area (Å²) in [5.74, 6) is -0.783. The van der Waals surface area contributed by atoms with Gasteiger partial charge in [0.2, 0.25) is 5.91 Å². The van der Waals surface area contributed by atoms with Crippen LogP contribution in [0.3, 0.4) is 0 Å². The molecule has 7 nitrogen and oxygen atoms in total. The van der Waals surface area contributed by atoms with Crippen molar-refractivity contribution in [3.05, 3.63) is 12.4 Å². The zero-order valence-electron chi connectivity index (χ0n) is 9.84. The topological polar surface area (TPSA) is 99.2 Å². The number of hydrogen-bond acceptors (Lipinski definition) is 5. The highest BCUT2D eigenvalue weighted by Gasteiger charge is 2.16. The molecule has 0 aliphatic carbocycles. The molecule has 0 spiro atoms. The summed E-state index contributed by atoms with van der Waals surface area (Å²) in [5, 5.41) is 6.37. The van der Waals surface area contributed by atoms with Gasteiger partial charge < -0.3 is 15.8 Å². The Morgan fingerprint density at radius 2 is 2.35 bits per heavy atom. The first-order chi connectivity index (χ1) is 8.02. The zero-order chi connectivity index (χ0) is 12.8. The van der Waals surface area contributed by atoms with Crippen molar-refractivity contribution in [1.82, 2.24) is 15.1 Å². The second-order valence-electron chi connectivity index (χ2n) is 3.51. The lowest BCUT2D eigenvalue weighted by molar-refractivity contribution is -0.146. The number of aromatic nitrogens is 2. The molecule has 1 aromatic rings. The number of anilines is 1. The van der Waals surface area contributed by atoms with Crippen molar-refractivity contribution in [3.8, 4) is 0 Å². The van der Waals surface area contributed by atoms with E-state index in [9.17, 15) is 9.59 Å². The molecule has 1 heterocycles. The van der Waals surface area contributed by atoms with Crippen LogP contribution in [0.4, 0.5) is 5.69 Å². The third kappa shape index (κ3) is 4.13. The largest absolute Gasteiger partial charge is 0.464 e. The average Bonchev–Trinajstić information content (AvgIpc) is 2.64. The van der Waals surface area contributed by atoms with Crippen LogP contribution in [0.15, 0.2) is 12.4 Å². The van der Waals surface area contributed by atoms with Crippen LogP contribution in [0, 0.1) is 0 Å². The Bertz CT molecular complexity index is 402. The smallest absolute Gasteiger partial charge is 0.328 e. The second-order valence-corrected chi connectivity index (χ2v) is 3.51. The normalized spacial score (nSPS) is 11.9. The van der Waals surface area contributed by atoms with E-state index in [1.807, 2.05) is 0 Å². The molecule has 1 rings (SSSR count). The van der Waals surface area contributed by atoms with Gasteiger partial charge in [-0.3, -0.25) is 9.48 Å². The Labute approximate surface area is 98.9 Å². The Hall–Kier alpha value is -2.05. The van der Waals surface area contributed by atoms with Gasteiger partial charge in [0.25, 0.3) is 0 Å². The second kappa shape index (κ2) is 5.88. The first-order valence-electron chi connectivity index (χ1n) is 5.27. The molecule has 1 amide bonds. The molecule has 94 valence electrons. The fraction of sp³-hybridized carbons (Fsp3) is 0.500. The Morgan fingerprint density at radius 3 is 2.88 bits per heavy atom. The number of esters is 1. The van der Waals surface area contributed by atoms with Gasteiger partial charge in [-0.15, -0.1) is 0 Å². The summed E-state index contributed by atoms with van der Waals surface area (Å²) < 4.78 is 6.15. The minimum absolute atomic E-state index is 0.0148. The first kappa shape index (κ1) is 13.0.